The number of aliphatic hydroxyl groups excluding tert-OH is 1. The molecule has 0 aliphatic carbocycles. The van der Waals surface area contributed by atoms with E-state index in [2.05, 4.69) is 40.1 Å². The van der Waals surface area contributed by atoms with Crippen LogP contribution < -0.4 is 0 Å². The van der Waals surface area contributed by atoms with Gasteiger partial charge in [-0.3, -0.25) is 9.80 Å². The number of nitrogens with zero attached hydrogens (tertiary/aromatic N) is 2. The molecule has 0 radical (unpaired) electrons. The van der Waals surface area contributed by atoms with Gasteiger partial charge in [-0.05, 0) is 61.5 Å². The number of benzene rings is 2. The molecule has 0 unspecified atom stereocenters. The summed E-state index contributed by atoms with van der Waals surface area (Å²) in [5, 5.41) is 10.6. The van der Waals surface area contributed by atoms with E-state index >= 15 is 0 Å². The first-order valence-electron chi connectivity index (χ1n) is 10.1. The van der Waals surface area contributed by atoms with Crippen LogP contribution in [-0.4, -0.2) is 53.2 Å². The largest absolute Gasteiger partial charge is 0.391 e. The van der Waals surface area contributed by atoms with Crippen molar-refractivity contribution in [1.82, 2.24) is 9.80 Å². The van der Waals surface area contributed by atoms with Crippen LogP contribution >= 0.6 is 0 Å². The minimum atomic E-state index is -0.247. The molecule has 1 N–H and O–H groups in total. The first-order valence-corrected chi connectivity index (χ1v) is 10.1. The van der Waals surface area contributed by atoms with Crippen LogP contribution in [0.1, 0.15) is 36.3 Å². The number of halogens is 1. The lowest BCUT2D eigenvalue weighted by molar-refractivity contribution is -0.0222. The van der Waals surface area contributed by atoms with E-state index in [0.29, 0.717) is 5.92 Å². The lowest BCUT2D eigenvalue weighted by Crippen LogP contribution is -2.56. The summed E-state index contributed by atoms with van der Waals surface area (Å²) in [5.74, 6) is 0.450. The molecule has 0 bridgehead atoms. The molecule has 2 atom stereocenters. The van der Waals surface area contributed by atoms with Gasteiger partial charge in [0.25, 0.3) is 0 Å². The highest BCUT2D eigenvalue weighted by molar-refractivity contribution is 5.20. The van der Waals surface area contributed by atoms with E-state index in [1.807, 2.05) is 12.1 Å². The molecule has 0 saturated carbocycles. The quantitative estimate of drug-likeness (QED) is 0.894. The van der Waals surface area contributed by atoms with Crippen molar-refractivity contribution in [2.75, 3.05) is 26.2 Å². The Morgan fingerprint density at radius 2 is 1.59 bits per heavy atom. The third-order valence-electron chi connectivity index (χ3n) is 6.22. The van der Waals surface area contributed by atoms with E-state index in [1.165, 1.54) is 17.7 Å². The van der Waals surface area contributed by atoms with E-state index in [9.17, 15) is 9.50 Å². The third-order valence-corrected chi connectivity index (χ3v) is 6.22. The number of piperidine rings is 2. The molecule has 0 aromatic heterocycles. The molecule has 0 spiro atoms. The monoisotopic (exact) mass is 367 g/mol. The van der Waals surface area contributed by atoms with Crippen LogP contribution in [0.4, 0.5) is 4.39 Å². The fraction of sp³-hybridized carbons (Fsp3) is 0.478. The standard InChI is InChI=1S/C23H29FN2O/c24-21-8-6-18(7-9-21)16-25-13-12-23(27)22(17-25)26-14-10-20(11-15-26)19-4-2-1-3-5-19/h1-9,20,22-23,27H,10-17H2/t22-,23-/m0/s1/i24-1. The number of rotatable bonds is 4. The van der Waals surface area contributed by atoms with Gasteiger partial charge in [0, 0.05) is 25.7 Å². The van der Waals surface area contributed by atoms with Crippen molar-refractivity contribution in [3.05, 3.63) is 71.5 Å². The lowest BCUT2D eigenvalue weighted by atomic mass is 9.88. The van der Waals surface area contributed by atoms with Gasteiger partial charge in [0.2, 0.25) is 0 Å². The van der Waals surface area contributed by atoms with Crippen LogP contribution in [0.25, 0.3) is 0 Å². The summed E-state index contributed by atoms with van der Waals surface area (Å²) in [6.07, 6.45) is 2.88. The zero-order valence-corrected chi connectivity index (χ0v) is 15.8. The number of likely N-dealkylation sites (tertiary alicyclic amines) is 2. The second-order valence-electron chi connectivity index (χ2n) is 8.01. The van der Waals surface area contributed by atoms with Gasteiger partial charge in [-0.2, -0.15) is 0 Å². The van der Waals surface area contributed by atoms with Crippen LogP contribution in [0.15, 0.2) is 54.6 Å². The average molecular weight is 367 g/mol. The van der Waals surface area contributed by atoms with E-state index in [1.54, 1.807) is 0 Å². The molecule has 4 heteroatoms. The first-order chi connectivity index (χ1) is 13.2. The van der Waals surface area contributed by atoms with Gasteiger partial charge in [0.15, 0.2) is 0 Å². The molecular weight excluding hydrogens is 338 g/mol. The van der Waals surface area contributed by atoms with Gasteiger partial charge in [-0.15, -0.1) is 0 Å². The van der Waals surface area contributed by atoms with Crippen LogP contribution in [0.2, 0.25) is 0 Å². The summed E-state index contributed by atoms with van der Waals surface area (Å²) in [5.41, 5.74) is 2.58. The predicted octanol–water partition coefficient (Wildman–Crippen LogP) is 3.64. The molecule has 4 rings (SSSR count). The molecule has 2 saturated heterocycles. The fourth-order valence-electron chi connectivity index (χ4n) is 4.62. The van der Waals surface area contributed by atoms with Gasteiger partial charge < -0.3 is 5.11 Å². The maximum Gasteiger partial charge on any atom is 0.123 e. The molecule has 2 fully saturated rings. The Balaban J connectivity index is 1.34. The van der Waals surface area contributed by atoms with Crippen molar-refractivity contribution in [3.8, 4) is 0 Å². The minimum Gasteiger partial charge on any atom is -0.391 e. The van der Waals surface area contributed by atoms with Crippen molar-refractivity contribution in [1.29, 1.82) is 0 Å². The van der Waals surface area contributed by atoms with Crippen LogP contribution in [-0.2, 0) is 6.54 Å². The molecule has 2 heterocycles. The molecule has 2 aliphatic rings. The molecule has 144 valence electrons. The molecular formula is C23H29FN2O. The van der Waals surface area contributed by atoms with Crippen molar-refractivity contribution in [2.24, 2.45) is 0 Å². The third kappa shape index (κ3) is 4.57. The summed E-state index contributed by atoms with van der Waals surface area (Å²) < 4.78 is 13.1. The topological polar surface area (TPSA) is 26.7 Å². The normalized spacial score (nSPS) is 25.6. The molecule has 3 nitrogen and oxygen atoms in total. The molecule has 2 aromatic rings. The molecule has 0 amide bonds. The maximum atomic E-state index is 13.1. The minimum absolute atomic E-state index is 0.188. The van der Waals surface area contributed by atoms with E-state index in [4.69, 9.17) is 0 Å². The summed E-state index contributed by atoms with van der Waals surface area (Å²) >= 11 is 0. The van der Waals surface area contributed by atoms with Crippen LogP contribution in [0.3, 0.4) is 0 Å². The second-order valence-corrected chi connectivity index (χ2v) is 8.01. The second kappa shape index (κ2) is 8.51. The summed E-state index contributed by atoms with van der Waals surface area (Å²) in [4.78, 5) is 4.88. The summed E-state index contributed by atoms with van der Waals surface area (Å²) in [7, 11) is 0. The van der Waals surface area contributed by atoms with Gasteiger partial charge in [0.05, 0.1) is 6.10 Å². The van der Waals surface area contributed by atoms with Gasteiger partial charge in [-0.1, -0.05) is 42.5 Å². The smallest absolute Gasteiger partial charge is 0.123 e. The summed E-state index contributed by atoms with van der Waals surface area (Å²) in [6, 6.07) is 17.8. The van der Waals surface area contributed by atoms with Gasteiger partial charge in [-0.25, -0.2) is 4.39 Å². The average Bonchev–Trinajstić information content (AvgIpc) is 2.72. The Morgan fingerprint density at radius 3 is 2.30 bits per heavy atom. The van der Waals surface area contributed by atoms with Crippen molar-refractivity contribution < 1.29 is 9.50 Å². The zero-order valence-electron chi connectivity index (χ0n) is 15.8. The highest BCUT2D eigenvalue weighted by Gasteiger charge is 2.34. The van der Waals surface area contributed by atoms with E-state index < -0.39 is 0 Å². The highest BCUT2D eigenvalue weighted by atomic mass is 18.2. The SMILES string of the molecule is O[C@H]1CCN(Cc2ccc([18F])cc2)C[C@@H]1N1CCC(c2ccccc2)CC1. The zero-order chi connectivity index (χ0) is 18.6. The van der Waals surface area contributed by atoms with E-state index in [0.717, 1.165) is 57.5 Å². The number of hydrogen-bond acceptors (Lipinski definition) is 3. The Morgan fingerprint density at radius 1 is 0.889 bits per heavy atom. The molecule has 2 aromatic carbocycles. The van der Waals surface area contributed by atoms with E-state index in [-0.39, 0.29) is 18.0 Å². The Kier molecular flexibility index (Phi) is 5.86. The summed E-state index contributed by atoms with van der Waals surface area (Å²) in [6.45, 7) is 4.70. The van der Waals surface area contributed by atoms with Gasteiger partial charge in [0.1, 0.15) is 5.82 Å². The van der Waals surface area contributed by atoms with Crippen LogP contribution in [0, 0.1) is 5.82 Å². The Hall–Kier alpha value is -1.75. The predicted molar refractivity (Wildman–Crippen MR) is 106 cm³/mol. The Bertz CT molecular complexity index is 713. The van der Waals surface area contributed by atoms with Crippen molar-refractivity contribution in [3.63, 3.8) is 0 Å². The van der Waals surface area contributed by atoms with Crippen LogP contribution in [0.5, 0.6) is 0 Å². The number of hydrogen-bond donors (Lipinski definition) is 1. The lowest BCUT2D eigenvalue weighted by Gasteiger charge is -2.45. The van der Waals surface area contributed by atoms with Crippen molar-refractivity contribution in [2.45, 2.75) is 43.9 Å². The fourth-order valence-corrected chi connectivity index (χ4v) is 4.62. The Labute approximate surface area is 161 Å². The maximum absolute atomic E-state index is 13.1. The molecule has 27 heavy (non-hydrogen) atoms. The highest BCUT2D eigenvalue weighted by Crippen LogP contribution is 2.30. The van der Waals surface area contributed by atoms with Gasteiger partial charge >= 0.3 is 0 Å². The van der Waals surface area contributed by atoms with Crippen molar-refractivity contribution >= 4 is 0 Å². The number of aliphatic hydroxyl groups is 1. The first kappa shape index (κ1) is 18.6. The molecule has 2 aliphatic heterocycles.